The molecule has 1 atom stereocenters. The van der Waals surface area contributed by atoms with Gasteiger partial charge in [0, 0.05) is 17.6 Å². The van der Waals surface area contributed by atoms with E-state index in [1.165, 1.54) is 5.56 Å². The predicted octanol–water partition coefficient (Wildman–Crippen LogP) is 1.47. The molecule has 1 amide bonds. The summed E-state index contributed by atoms with van der Waals surface area (Å²) in [6.07, 6.45) is 1.54. The summed E-state index contributed by atoms with van der Waals surface area (Å²) in [7, 11) is -0.959. The van der Waals surface area contributed by atoms with Crippen LogP contribution in [-0.2, 0) is 21.1 Å². The van der Waals surface area contributed by atoms with E-state index < -0.39 is 9.84 Å². The second-order valence-electron chi connectivity index (χ2n) is 6.19. The van der Waals surface area contributed by atoms with Gasteiger partial charge in [0.25, 0.3) is 0 Å². The average molecular weight is 403 g/mol. The molecule has 0 spiro atoms. The molecule has 1 unspecified atom stereocenters. The zero-order valence-electron chi connectivity index (χ0n) is 13.3. The fraction of sp³-hybridized carbons (Fsp3) is 0.562. The molecule has 1 fully saturated rings. The monoisotopic (exact) mass is 402 g/mol. The zero-order chi connectivity index (χ0) is 16.9. The van der Waals surface area contributed by atoms with Gasteiger partial charge in [-0.15, -0.1) is 0 Å². The molecule has 1 heterocycles. The van der Waals surface area contributed by atoms with Crippen LogP contribution < -0.4 is 5.32 Å². The number of carbonyl (C=O) groups is 1. The van der Waals surface area contributed by atoms with Gasteiger partial charge in [-0.25, -0.2) is 8.42 Å². The quantitative estimate of drug-likeness (QED) is 0.749. The van der Waals surface area contributed by atoms with Crippen LogP contribution in [0.3, 0.4) is 0 Å². The predicted molar refractivity (Wildman–Crippen MR) is 95.1 cm³/mol. The second kappa shape index (κ2) is 8.26. The fourth-order valence-corrected chi connectivity index (χ4v) is 4.77. The Morgan fingerprint density at radius 3 is 2.65 bits per heavy atom. The van der Waals surface area contributed by atoms with Gasteiger partial charge in [-0.2, -0.15) is 0 Å². The molecule has 0 saturated carbocycles. The van der Waals surface area contributed by atoms with Gasteiger partial charge >= 0.3 is 0 Å². The number of benzene rings is 1. The van der Waals surface area contributed by atoms with Gasteiger partial charge in [-0.1, -0.05) is 28.1 Å². The molecule has 7 heteroatoms. The normalized spacial score (nSPS) is 19.9. The molecule has 1 aliphatic heterocycles. The molecule has 1 aliphatic rings. The highest BCUT2D eigenvalue weighted by Gasteiger charge is 2.27. The Bertz CT molecular complexity index is 631. The first-order chi connectivity index (χ1) is 10.8. The molecule has 2 rings (SSSR count). The van der Waals surface area contributed by atoms with Crippen LogP contribution in [0.1, 0.15) is 12.0 Å². The Morgan fingerprint density at radius 2 is 2.04 bits per heavy atom. The summed E-state index contributed by atoms with van der Waals surface area (Å²) < 4.78 is 23.8. The summed E-state index contributed by atoms with van der Waals surface area (Å²) >= 11 is 3.41. The maximum Gasteiger partial charge on any atom is 0.234 e. The van der Waals surface area contributed by atoms with Crippen LogP contribution in [-0.4, -0.2) is 57.4 Å². The minimum atomic E-state index is -2.87. The topological polar surface area (TPSA) is 66.5 Å². The lowest BCUT2D eigenvalue weighted by atomic mass is 10.1. The first-order valence-corrected chi connectivity index (χ1v) is 10.4. The number of amides is 1. The average Bonchev–Trinajstić information content (AvgIpc) is 2.84. The van der Waals surface area contributed by atoms with E-state index in [2.05, 4.69) is 33.4 Å². The molecule has 0 aromatic heterocycles. The summed E-state index contributed by atoms with van der Waals surface area (Å²) in [4.78, 5) is 13.9. The Hall–Kier alpha value is -0.920. The lowest BCUT2D eigenvalue weighted by Gasteiger charge is -2.17. The fourth-order valence-electron chi connectivity index (χ4n) is 2.64. The van der Waals surface area contributed by atoms with E-state index in [0.717, 1.165) is 17.4 Å². The Balaban J connectivity index is 1.65. The van der Waals surface area contributed by atoms with Gasteiger partial charge in [0.1, 0.15) is 0 Å². The minimum Gasteiger partial charge on any atom is -0.355 e. The van der Waals surface area contributed by atoms with Gasteiger partial charge in [0.2, 0.25) is 5.91 Å². The van der Waals surface area contributed by atoms with Crippen molar-refractivity contribution in [3.8, 4) is 0 Å². The van der Waals surface area contributed by atoms with E-state index in [0.29, 0.717) is 19.5 Å². The third kappa shape index (κ3) is 6.61. The van der Waals surface area contributed by atoms with Gasteiger partial charge in [0.15, 0.2) is 9.84 Å². The van der Waals surface area contributed by atoms with Crippen LogP contribution in [0.5, 0.6) is 0 Å². The summed E-state index contributed by atoms with van der Waals surface area (Å²) in [5.41, 5.74) is 1.23. The molecule has 1 saturated heterocycles. The van der Waals surface area contributed by atoms with Gasteiger partial charge in [-0.3, -0.25) is 9.69 Å². The first kappa shape index (κ1) is 18.4. The highest BCUT2D eigenvalue weighted by molar-refractivity contribution is 9.10. The van der Waals surface area contributed by atoms with Crippen molar-refractivity contribution in [3.63, 3.8) is 0 Å². The van der Waals surface area contributed by atoms with Crippen molar-refractivity contribution in [3.05, 3.63) is 34.3 Å². The van der Waals surface area contributed by atoms with E-state index >= 15 is 0 Å². The van der Waals surface area contributed by atoms with Gasteiger partial charge in [0.05, 0.1) is 18.1 Å². The Kier molecular flexibility index (Phi) is 6.61. The van der Waals surface area contributed by atoms with Crippen molar-refractivity contribution in [2.24, 2.45) is 5.92 Å². The lowest BCUT2D eigenvalue weighted by molar-refractivity contribution is -0.122. The minimum absolute atomic E-state index is 0.0485. The van der Waals surface area contributed by atoms with Crippen molar-refractivity contribution in [1.29, 1.82) is 0 Å². The van der Waals surface area contributed by atoms with Crippen molar-refractivity contribution >= 4 is 31.7 Å². The molecule has 0 aliphatic carbocycles. The van der Waals surface area contributed by atoms with E-state index in [4.69, 9.17) is 0 Å². The molecule has 1 aromatic carbocycles. The molecule has 1 aromatic rings. The van der Waals surface area contributed by atoms with Gasteiger partial charge in [-0.05, 0) is 43.5 Å². The number of carbonyl (C=O) groups excluding carboxylic acids is 1. The zero-order valence-corrected chi connectivity index (χ0v) is 15.7. The van der Waals surface area contributed by atoms with Crippen LogP contribution in [0.15, 0.2) is 28.7 Å². The number of hydrogen-bond donors (Lipinski definition) is 1. The van der Waals surface area contributed by atoms with Crippen molar-refractivity contribution in [2.45, 2.75) is 12.8 Å². The third-order valence-electron chi connectivity index (χ3n) is 4.02. The van der Waals surface area contributed by atoms with Crippen molar-refractivity contribution in [2.75, 3.05) is 38.2 Å². The SMILES string of the molecule is CN(CCc1ccc(Br)cc1)CC(=O)NCC1CCS(=O)(=O)C1. The van der Waals surface area contributed by atoms with Crippen LogP contribution >= 0.6 is 15.9 Å². The Labute approximate surface area is 146 Å². The number of halogens is 1. The summed E-state index contributed by atoms with van der Waals surface area (Å²) in [6.45, 7) is 1.58. The number of likely N-dealkylation sites (N-methyl/N-ethyl adjacent to an activating group) is 1. The molecule has 0 radical (unpaired) electrons. The van der Waals surface area contributed by atoms with Crippen LogP contribution in [0, 0.1) is 5.92 Å². The molecule has 23 heavy (non-hydrogen) atoms. The smallest absolute Gasteiger partial charge is 0.234 e. The molecule has 1 N–H and O–H groups in total. The molecule has 128 valence electrons. The largest absolute Gasteiger partial charge is 0.355 e. The molecule has 0 bridgehead atoms. The van der Waals surface area contributed by atoms with Crippen molar-refractivity contribution < 1.29 is 13.2 Å². The number of hydrogen-bond acceptors (Lipinski definition) is 4. The number of nitrogens with zero attached hydrogens (tertiary/aromatic N) is 1. The molecule has 5 nitrogen and oxygen atoms in total. The van der Waals surface area contributed by atoms with Crippen LogP contribution in [0.25, 0.3) is 0 Å². The highest BCUT2D eigenvalue weighted by atomic mass is 79.9. The summed E-state index contributed by atoms with van der Waals surface area (Å²) in [6, 6.07) is 8.16. The molecular weight excluding hydrogens is 380 g/mol. The maximum atomic E-state index is 11.9. The lowest BCUT2D eigenvalue weighted by Crippen LogP contribution is -2.38. The Morgan fingerprint density at radius 1 is 1.35 bits per heavy atom. The van der Waals surface area contributed by atoms with Crippen LogP contribution in [0.4, 0.5) is 0 Å². The van der Waals surface area contributed by atoms with E-state index in [9.17, 15) is 13.2 Å². The third-order valence-corrected chi connectivity index (χ3v) is 6.39. The number of rotatable bonds is 7. The summed E-state index contributed by atoms with van der Waals surface area (Å²) in [5, 5.41) is 2.85. The van der Waals surface area contributed by atoms with E-state index in [1.807, 2.05) is 24.1 Å². The van der Waals surface area contributed by atoms with Gasteiger partial charge < -0.3 is 5.32 Å². The summed E-state index contributed by atoms with van der Waals surface area (Å²) in [5.74, 6) is 0.470. The van der Waals surface area contributed by atoms with E-state index in [-0.39, 0.29) is 23.3 Å². The first-order valence-electron chi connectivity index (χ1n) is 7.74. The van der Waals surface area contributed by atoms with Crippen LogP contribution in [0.2, 0.25) is 0 Å². The highest BCUT2D eigenvalue weighted by Crippen LogP contribution is 2.17. The standard InChI is InChI=1S/C16H23BrN2O3S/c1-19(8-6-13-2-4-15(17)5-3-13)11-16(20)18-10-14-7-9-23(21,22)12-14/h2-5,14H,6-12H2,1H3,(H,18,20). The van der Waals surface area contributed by atoms with E-state index in [1.54, 1.807) is 0 Å². The second-order valence-corrected chi connectivity index (χ2v) is 9.33. The molecular formula is C16H23BrN2O3S. The number of sulfone groups is 1. The maximum absolute atomic E-state index is 11.9. The number of nitrogens with one attached hydrogen (secondary N) is 1. The van der Waals surface area contributed by atoms with Crippen molar-refractivity contribution in [1.82, 2.24) is 10.2 Å².